The molecule has 2 aromatic rings. The molecule has 3 heterocycles. The Balaban J connectivity index is 1.41. The Hall–Kier alpha value is -1.32. The molecule has 1 aromatic carbocycles. The van der Waals surface area contributed by atoms with Crippen molar-refractivity contribution in [3.8, 4) is 0 Å². The molecular weight excluding hydrogens is 282 g/mol. The number of para-hydroxylation sites is 1. The fourth-order valence-corrected chi connectivity index (χ4v) is 4.57. The number of benzene rings is 1. The van der Waals surface area contributed by atoms with Gasteiger partial charge in [-0.25, -0.2) is 0 Å². The van der Waals surface area contributed by atoms with Crippen molar-refractivity contribution in [2.75, 3.05) is 32.8 Å². The minimum absolute atomic E-state index is 0.726. The van der Waals surface area contributed by atoms with E-state index in [1.165, 1.54) is 81.5 Å². The van der Waals surface area contributed by atoms with Crippen molar-refractivity contribution in [3.05, 3.63) is 35.5 Å². The lowest BCUT2D eigenvalue weighted by molar-refractivity contribution is 0.0927. The summed E-state index contributed by atoms with van der Waals surface area (Å²) in [6.45, 7) is 8.55. The first-order valence-corrected chi connectivity index (χ1v) is 9.33. The van der Waals surface area contributed by atoms with Gasteiger partial charge in [-0.15, -0.1) is 0 Å². The Morgan fingerprint density at radius 1 is 0.957 bits per heavy atom. The van der Waals surface area contributed by atoms with E-state index in [1.807, 2.05) is 0 Å². The van der Waals surface area contributed by atoms with Gasteiger partial charge in [-0.05, 0) is 76.3 Å². The van der Waals surface area contributed by atoms with Crippen LogP contribution in [-0.4, -0.2) is 47.6 Å². The van der Waals surface area contributed by atoms with Crippen LogP contribution in [0, 0.1) is 6.92 Å². The molecule has 0 amide bonds. The molecule has 1 aromatic heterocycles. The second-order valence-corrected chi connectivity index (χ2v) is 7.42. The van der Waals surface area contributed by atoms with Crippen LogP contribution in [0.3, 0.4) is 0 Å². The maximum atomic E-state index is 3.58. The fourth-order valence-electron chi connectivity index (χ4n) is 4.57. The lowest BCUT2D eigenvalue weighted by Gasteiger charge is -2.37. The molecule has 2 saturated heterocycles. The average molecular weight is 311 g/mol. The summed E-state index contributed by atoms with van der Waals surface area (Å²) in [5.41, 5.74) is 4.26. The molecule has 2 aliphatic rings. The van der Waals surface area contributed by atoms with Crippen LogP contribution >= 0.6 is 0 Å². The molecule has 0 bridgehead atoms. The number of fused-ring (bicyclic) bond motifs is 1. The van der Waals surface area contributed by atoms with Crippen molar-refractivity contribution in [3.63, 3.8) is 0 Å². The Morgan fingerprint density at radius 3 is 2.43 bits per heavy atom. The highest BCUT2D eigenvalue weighted by Gasteiger charge is 2.25. The van der Waals surface area contributed by atoms with Crippen LogP contribution in [-0.2, 0) is 0 Å². The highest BCUT2D eigenvalue weighted by Crippen LogP contribution is 2.35. The number of aromatic nitrogens is 1. The van der Waals surface area contributed by atoms with Crippen LogP contribution in [0.1, 0.15) is 49.3 Å². The molecule has 3 heteroatoms. The number of nitrogens with zero attached hydrogens (tertiary/aromatic N) is 2. The molecule has 0 spiro atoms. The maximum absolute atomic E-state index is 3.58. The molecule has 2 fully saturated rings. The first-order chi connectivity index (χ1) is 11.3. The minimum Gasteiger partial charge on any atom is -0.358 e. The van der Waals surface area contributed by atoms with Crippen molar-refractivity contribution >= 4 is 10.9 Å². The summed E-state index contributed by atoms with van der Waals surface area (Å²) in [4.78, 5) is 8.91. The number of rotatable bonds is 3. The zero-order valence-corrected chi connectivity index (χ0v) is 14.4. The van der Waals surface area contributed by atoms with Crippen molar-refractivity contribution in [1.82, 2.24) is 14.8 Å². The van der Waals surface area contributed by atoms with Crippen LogP contribution in [0.25, 0.3) is 10.9 Å². The average Bonchev–Trinajstić information content (AvgIpc) is 2.92. The molecule has 0 saturated carbocycles. The minimum atomic E-state index is 0.726. The maximum Gasteiger partial charge on any atom is 0.0506 e. The van der Waals surface area contributed by atoms with E-state index in [0.717, 1.165) is 5.92 Å². The number of piperidine rings is 2. The zero-order chi connectivity index (χ0) is 15.6. The van der Waals surface area contributed by atoms with Gasteiger partial charge in [0.15, 0.2) is 0 Å². The number of likely N-dealkylation sites (tertiary alicyclic amines) is 2. The third-order valence-electron chi connectivity index (χ3n) is 5.79. The van der Waals surface area contributed by atoms with E-state index in [1.54, 1.807) is 5.56 Å². The molecule has 0 atom stereocenters. The van der Waals surface area contributed by atoms with Gasteiger partial charge in [0.05, 0.1) is 6.67 Å². The van der Waals surface area contributed by atoms with Gasteiger partial charge in [0.1, 0.15) is 0 Å². The molecular formula is C20H29N3. The number of aromatic amines is 1. The molecule has 4 rings (SSSR count). The molecule has 0 unspecified atom stereocenters. The number of H-pyrrole nitrogens is 1. The van der Waals surface area contributed by atoms with Crippen LogP contribution in [0.5, 0.6) is 0 Å². The van der Waals surface area contributed by atoms with Gasteiger partial charge in [0, 0.05) is 16.6 Å². The summed E-state index contributed by atoms with van der Waals surface area (Å²) in [6, 6.07) is 8.79. The summed E-state index contributed by atoms with van der Waals surface area (Å²) in [5, 5.41) is 1.44. The van der Waals surface area contributed by atoms with Crippen molar-refractivity contribution in [2.45, 2.75) is 44.9 Å². The predicted octanol–water partition coefficient (Wildman–Crippen LogP) is 4.10. The van der Waals surface area contributed by atoms with Crippen LogP contribution in [0.4, 0.5) is 0 Å². The Labute approximate surface area is 139 Å². The number of aryl methyl sites for hydroxylation is 1. The van der Waals surface area contributed by atoms with Gasteiger partial charge in [-0.2, -0.15) is 0 Å². The SMILES string of the molecule is Cc1[nH]c2ccccc2c1C1CCN(CN2CCCCC2)CC1. The topological polar surface area (TPSA) is 22.3 Å². The molecule has 3 nitrogen and oxygen atoms in total. The lowest BCUT2D eigenvalue weighted by atomic mass is 9.87. The standard InChI is InChI=1S/C20H29N3/c1-16-20(18-7-3-4-8-19(18)21-16)17-9-13-23(14-10-17)15-22-11-5-2-6-12-22/h3-4,7-8,17,21H,2,5-6,9-15H2,1H3. The summed E-state index contributed by atoms with van der Waals surface area (Å²) in [5.74, 6) is 0.726. The summed E-state index contributed by atoms with van der Waals surface area (Å²) >= 11 is 0. The van der Waals surface area contributed by atoms with Gasteiger partial charge in [-0.3, -0.25) is 9.80 Å². The number of nitrogens with one attached hydrogen (secondary N) is 1. The first kappa shape index (κ1) is 15.2. The van der Waals surface area contributed by atoms with Crippen LogP contribution < -0.4 is 0 Å². The molecule has 23 heavy (non-hydrogen) atoms. The summed E-state index contributed by atoms with van der Waals surface area (Å²) in [6.07, 6.45) is 6.82. The largest absolute Gasteiger partial charge is 0.358 e. The van der Waals surface area contributed by atoms with E-state index >= 15 is 0 Å². The van der Waals surface area contributed by atoms with Gasteiger partial charge >= 0.3 is 0 Å². The lowest BCUT2D eigenvalue weighted by Crippen LogP contribution is -2.43. The van der Waals surface area contributed by atoms with E-state index in [-0.39, 0.29) is 0 Å². The second kappa shape index (κ2) is 6.66. The van der Waals surface area contributed by atoms with Crippen molar-refractivity contribution < 1.29 is 0 Å². The quantitative estimate of drug-likeness (QED) is 0.922. The van der Waals surface area contributed by atoms with E-state index in [9.17, 15) is 0 Å². The highest BCUT2D eigenvalue weighted by molar-refractivity contribution is 5.85. The molecule has 1 N–H and O–H groups in total. The van der Waals surface area contributed by atoms with E-state index in [2.05, 4.69) is 46.0 Å². The fraction of sp³-hybridized carbons (Fsp3) is 0.600. The smallest absolute Gasteiger partial charge is 0.0506 e. The summed E-state index contributed by atoms with van der Waals surface area (Å²) < 4.78 is 0. The van der Waals surface area contributed by atoms with Crippen LogP contribution in [0.2, 0.25) is 0 Å². The van der Waals surface area contributed by atoms with Crippen molar-refractivity contribution in [2.24, 2.45) is 0 Å². The Bertz CT molecular complexity index is 646. The number of hydrogen-bond acceptors (Lipinski definition) is 2. The van der Waals surface area contributed by atoms with E-state index < -0.39 is 0 Å². The van der Waals surface area contributed by atoms with E-state index in [0.29, 0.717) is 0 Å². The molecule has 0 radical (unpaired) electrons. The summed E-state index contributed by atoms with van der Waals surface area (Å²) in [7, 11) is 0. The Kier molecular flexibility index (Phi) is 4.41. The Morgan fingerprint density at radius 2 is 1.65 bits per heavy atom. The third-order valence-corrected chi connectivity index (χ3v) is 5.79. The monoisotopic (exact) mass is 311 g/mol. The molecule has 2 aliphatic heterocycles. The van der Waals surface area contributed by atoms with Crippen LogP contribution in [0.15, 0.2) is 24.3 Å². The number of hydrogen-bond donors (Lipinski definition) is 1. The molecule has 124 valence electrons. The van der Waals surface area contributed by atoms with Crippen molar-refractivity contribution in [1.29, 1.82) is 0 Å². The van der Waals surface area contributed by atoms with Gasteiger partial charge in [0.25, 0.3) is 0 Å². The third kappa shape index (κ3) is 3.17. The van der Waals surface area contributed by atoms with E-state index in [4.69, 9.17) is 0 Å². The van der Waals surface area contributed by atoms with Gasteiger partial charge in [-0.1, -0.05) is 24.6 Å². The zero-order valence-electron chi connectivity index (χ0n) is 14.4. The van der Waals surface area contributed by atoms with Gasteiger partial charge < -0.3 is 4.98 Å². The van der Waals surface area contributed by atoms with Gasteiger partial charge in [0.2, 0.25) is 0 Å². The second-order valence-electron chi connectivity index (χ2n) is 7.42. The normalized spacial score (nSPS) is 22.0. The predicted molar refractivity (Wildman–Crippen MR) is 96.9 cm³/mol. The molecule has 0 aliphatic carbocycles. The first-order valence-electron chi connectivity index (χ1n) is 9.33. The highest BCUT2D eigenvalue weighted by atomic mass is 15.3.